The van der Waals surface area contributed by atoms with Crippen molar-refractivity contribution in [3.8, 4) is 11.5 Å². The number of hydrogen-bond acceptors (Lipinski definition) is 7. The van der Waals surface area contributed by atoms with Crippen LogP contribution < -0.4 is 21.4 Å². The number of benzene rings is 1. The first kappa shape index (κ1) is 16.9. The van der Waals surface area contributed by atoms with E-state index in [1.807, 2.05) is 4.98 Å². The number of hydrazone groups is 1. The summed E-state index contributed by atoms with van der Waals surface area (Å²) in [5, 5.41) is 19.0. The van der Waals surface area contributed by atoms with Crippen LogP contribution in [-0.4, -0.2) is 39.5 Å². The summed E-state index contributed by atoms with van der Waals surface area (Å²) in [5.74, 6) is -0.151. The third kappa shape index (κ3) is 4.53. The normalized spacial score (nSPS) is 10.7. The number of rotatable bonds is 6. The molecular weight excluding hydrogens is 318 g/mol. The van der Waals surface area contributed by atoms with Gasteiger partial charge in [0.15, 0.2) is 11.5 Å². The maximum atomic E-state index is 11.6. The molecule has 2 rings (SSSR count). The van der Waals surface area contributed by atoms with Crippen molar-refractivity contribution in [2.75, 3.05) is 7.11 Å². The predicted molar refractivity (Wildman–Crippen MR) is 84.2 cm³/mol. The van der Waals surface area contributed by atoms with Crippen molar-refractivity contribution >= 4 is 12.1 Å². The Balaban J connectivity index is 1.87. The van der Waals surface area contributed by atoms with E-state index >= 15 is 0 Å². The number of nitrogens with zero attached hydrogens (tertiary/aromatic N) is 2. The Kier molecular flexibility index (Phi) is 5.45. The molecule has 1 aromatic heterocycles. The van der Waals surface area contributed by atoms with Gasteiger partial charge < -0.3 is 9.84 Å². The summed E-state index contributed by atoms with van der Waals surface area (Å²) in [6.45, 7) is 0. The number of methoxy groups -OCH3 is 1. The smallest absolute Gasteiger partial charge is 0.342 e. The molecule has 0 radical (unpaired) electrons. The molecule has 0 unspecified atom stereocenters. The minimum absolute atomic E-state index is 0.0344. The second-order valence-corrected chi connectivity index (χ2v) is 4.68. The number of nitrogens with one attached hydrogen (secondary N) is 3. The van der Waals surface area contributed by atoms with Crippen LogP contribution in [0.5, 0.6) is 11.5 Å². The molecule has 0 saturated carbocycles. The van der Waals surface area contributed by atoms with Gasteiger partial charge in [0, 0.05) is 12.8 Å². The Morgan fingerprint density at radius 3 is 2.92 bits per heavy atom. The molecular formula is C14H15N5O5. The monoisotopic (exact) mass is 333 g/mol. The number of phenolic OH excluding ortho intramolecular Hbond substituents is 1. The summed E-state index contributed by atoms with van der Waals surface area (Å²) >= 11 is 0. The molecule has 2 aromatic rings. The van der Waals surface area contributed by atoms with Crippen LogP contribution in [0.1, 0.15) is 17.7 Å². The standard InChI is InChI=1S/C14H15N5O5/c1-24-11-4-2-8(6-10(11)20)7-15-18-12(21)5-3-9-13(22)16-14(23)19-17-9/h2,4,6-7,20H,3,5H2,1H3,(H,18,21)(H2,16,19,22,23). The molecule has 1 heterocycles. The van der Waals surface area contributed by atoms with Crippen LogP contribution in [0.2, 0.25) is 0 Å². The number of hydrogen-bond donors (Lipinski definition) is 4. The molecule has 0 aliphatic carbocycles. The van der Waals surface area contributed by atoms with Gasteiger partial charge in [0.25, 0.3) is 5.56 Å². The van der Waals surface area contributed by atoms with E-state index < -0.39 is 17.2 Å². The average molecular weight is 333 g/mol. The Morgan fingerprint density at radius 1 is 1.46 bits per heavy atom. The van der Waals surface area contributed by atoms with Crippen LogP contribution in [0, 0.1) is 0 Å². The molecule has 24 heavy (non-hydrogen) atoms. The van der Waals surface area contributed by atoms with Gasteiger partial charge in [-0.15, -0.1) is 0 Å². The van der Waals surface area contributed by atoms with Gasteiger partial charge in [-0.1, -0.05) is 0 Å². The number of aromatic hydroxyl groups is 1. The number of ether oxygens (including phenoxy) is 1. The molecule has 1 aromatic carbocycles. The van der Waals surface area contributed by atoms with Crippen LogP contribution in [0.15, 0.2) is 32.9 Å². The number of aryl methyl sites for hydroxylation is 1. The highest BCUT2D eigenvalue weighted by Gasteiger charge is 2.06. The number of amides is 1. The van der Waals surface area contributed by atoms with Crippen molar-refractivity contribution in [2.45, 2.75) is 12.8 Å². The lowest BCUT2D eigenvalue weighted by molar-refractivity contribution is -0.121. The quantitative estimate of drug-likeness (QED) is 0.404. The van der Waals surface area contributed by atoms with Gasteiger partial charge in [-0.25, -0.2) is 15.3 Å². The molecule has 0 aliphatic rings. The highest BCUT2D eigenvalue weighted by Crippen LogP contribution is 2.25. The van der Waals surface area contributed by atoms with Crippen LogP contribution in [0.3, 0.4) is 0 Å². The van der Waals surface area contributed by atoms with Crippen molar-refractivity contribution in [1.82, 2.24) is 20.6 Å². The summed E-state index contributed by atoms with van der Waals surface area (Å²) in [7, 11) is 1.44. The fourth-order valence-electron chi connectivity index (χ4n) is 1.80. The summed E-state index contributed by atoms with van der Waals surface area (Å²) < 4.78 is 4.91. The lowest BCUT2D eigenvalue weighted by Crippen LogP contribution is -2.28. The maximum absolute atomic E-state index is 11.6. The summed E-state index contributed by atoms with van der Waals surface area (Å²) in [5.41, 5.74) is 1.55. The van der Waals surface area contributed by atoms with Crippen molar-refractivity contribution < 1.29 is 14.6 Å². The third-order valence-electron chi connectivity index (χ3n) is 2.98. The molecule has 10 nitrogen and oxygen atoms in total. The molecule has 0 bridgehead atoms. The van der Waals surface area contributed by atoms with E-state index in [4.69, 9.17) is 4.74 Å². The third-order valence-corrected chi connectivity index (χ3v) is 2.98. The topological polar surface area (TPSA) is 150 Å². The van der Waals surface area contributed by atoms with E-state index in [2.05, 4.69) is 20.7 Å². The number of aromatic nitrogens is 3. The van der Waals surface area contributed by atoms with E-state index in [-0.39, 0.29) is 24.3 Å². The predicted octanol–water partition coefficient (Wildman–Crippen LogP) is -0.745. The van der Waals surface area contributed by atoms with Gasteiger partial charge in [0.2, 0.25) is 5.91 Å². The van der Waals surface area contributed by atoms with Crippen LogP contribution in [0.25, 0.3) is 0 Å². The van der Waals surface area contributed by atoms with E-state index in [1.165, 1.54) is 19.4 Å². The fraction of sp³-hybridized carbons (Fsp3) is 0.214. The minimum atomic E-state index is -0.708. The summed E-state index contributed by atoms with van der Waals surface area (Å²) in [6, 6.07) is 4.64. The first-order valence-electron chi connectivity index (χ1n) is 6.86. The van der Waals surface area contributed by atoms with E-state index in [9.17, 15) is 19.5 Å². The van der Waals surface area contributed by atoms with Gasteiger partial charge in [-0.2, -0.15) is 10.2 Å². The van der Waals surface area contributed by atoms with Gasteiger partial charge in [0.1, 0.15) is 5.69 Å². The Morgan fingerprint density at radius 2 is 2.25 bits per heavy atom. The van der Waals surface area contributed by atoms with Crippen molar-refractivity contribution in [3.63, 3.8) is 0 Å². The number of phenols is 1. The molecule has 0 saturated heterocycles. The highest BCUT2D eigenvalue weighted by molar-refractivity contribution is 5.83. The molecule has 126 valence electrons. The Bertz CT molecular complexity index is 870. The average Bonchev–Trinajstić information content (AvgIpc) is 2.54. The Labute approximate surface area is 135 Å². The lowest BCUT2D eigenvalue weighted by atomic mass is 10.2. The molecule has 0 spiro atoms. The van der Waals surface area contributed by atoms with Crippen LogP contribution in [0.4, 0.5) is 0 Å². The number of carbonyl (C=O) groups is 1. The van der Waals surface area contributed by atoms with Crippen LogP contribution in [-0.2, 0) is 11.2 Å². The largest absolute Gasteiger partial charge is 0.504 e. The molecule has 0 atom stereocenters. The van der Waals surface area contributed by atoms with Crippen molar-refractivity contribution in [3.05, 3.63) is 50.3 Å². The van der Waals surface area contributed by atoms with E-state index in [0.717, 1.165) is 0 Å². The molecule has 1 amide bonds. The Hall–Kier alpha value is -3.43. The zero-order valence-corrected chi connectivity index (χ0v) is 12.7. The first-order valence-corrected chi connectivity index (χ1v) is 6.86. The van der Waals surface area contributed by atoms with Crippen molar-refractivity contribution in [1.29, 1.82) is 0 Å². The van der Waals surface area contributed by atoms with Gasteiger partial charge >= 0.3 is 5.69 Å². The zero-order valence-electron chi connectivity index (χ0n) is 12.7. The van der Waals surface area contributed by atoms with Crippen molar-refractivity contribution in [2.24, 2.45) is 5.10 Å². The van der Waals surface area contributed by atoms with Gasteiger partial charge in [0.05, 0.1) is 13.3 Å². The number of H-pyrrole nitrogens is 2. The molecule has 0 aliphatic heterocycles. The summed E-state index contributed by atoms with van der Waals surface area (Å²) in [6.07, 6.45) is 1.37. The lowest BCUT2D eigenvalue weighted by Gasteiger charge is -2.03. The SMILES string of the molecule is COc1ccc(C=NNC(=O)CCc2n[nH]c(=O)[nH]c2=O)cc1O. The number of carbonyl (C=O) groups excluding carboxylic acids is 1. The maximum Gasteiger partial charge on any atom is 0.342 e. The van der Waals surface area contributed by atoms with Gasteiger partial charge in [-0.3, -0.25) is 14.6 Å². The van der Waals surface area contributed by atoms with Gasteiger partial charge in [-0.05, 0) is 23.8 Å². The van der Waals surface area contributed by atoms with E-state index in [1.54, 1.807) is 12.1 Å². The first-order chi connectivity index (χ1) is 11.5. The fourth-order valence-corrected chi connectivity index (χ4v) is 1.80. The molecule has 0 fully saturated rings. The second kappa shape index (κ2) is 7.72. The van der Waals surface area contributed by atoms with Crippen LogP contribution >= 0.6 is 0 Å². The zero-order chi connectivity index (χ0) is 17.5. The molecule has 10 heteroatoms. The second-order valence-electron chi connectivity index (χ2n) is 4.68. The highest BCUT2D eigenvalue weighted by atomic mass is 16.5. The minimum Gasteiger partial charge on any atom is -0.504 e. The van der Waals surface area contributed by atoms with E-state index in [0.29, 0.717) is 11.3 Å². The molecule has 4 N–H and O–H groups in total. The summed E-state index contributed by atoms with van der Waals surface area (Å²) in [4.78, 5) is 35.9. The number of aromatic amines is 2.